The normalized spacial score (nSPS) is 10.6. The number of rotatable bonds is 6. The molecule has 6 nitrogen and oxygen atoms in total. The highest BCUT2D eigenvalue weighted by molar-refractivity contribution is 7.71. The number of hydrogen-bond donors (Lipinski definition) is 3. The van der Waals surface area contributed by atoms with Crippen molar-refractivity contribution in [2.45, 2.75) is 13.5 Å². The Bertz CT molecular complexity index is 1210. The second-order valence-electron chi connectivity index (χ2n) is 6.92. The van der Waals surface area contributed by atoms with Gasteiger partial charge in [-0.15, -0.1) is 0 Å². The molecule has 1 heterocycles. The number of H-pyrrole nitrogens is 1. The number of hydrogen-bond acceptors (Lipinski definition) is 4. The molecule has 0 fully saturated rings. The first-order valence-electron chi connectivity index (χ1n) is 9.53. The molecule has 0 bridgehead atoms. The van der Waals surface area contributed by atoms with Gasteiger partial charge in [-0.1, -0.05) is 42.0 Å². The van der Waals surface area contributed by atoms with Gasteiger partial charge in [-0.05, 0) is 61.6 Å². The predicted octanol–water partition coefficient (Wildman–Crippen LogP) is 5.30. The number of carbonyl (C=O) groups excluding carboxylic acids is 1. The molecule has 30 heavy (non-hydrogen) atoms. The zero-order chi connectivity index (χ0) is 20.9. The summed E-state index contributed by atoms with van der Waals surface area (Å²) in [7, 11) is 0. The van der Waals surface area contributed by atoms with Crippen molar-refractivity contribution in [2.24, 2.45) is 0 Å². The van der Waals surface area contributed by atoms with Crippen LogP contribution < -0.4 is 10.6 Å². The minimum Gasteiger partial charge on any atom is -0.356 e. The molecule has 150 valence electrons. The molecule has 1 amide bonds. The van der Waals surface area contributed by atoms with Gasteiger partial charge >= 0.3 is 0 Å². The van der Waals surface area contributed by atoms with Crippen molar-refractivity contribution in [1.29, 1.82) is 0 Å². The molecule has 0 saturated heterocycles. The van der Waals surface area contributed by atoms with E-state index in [1.165, 1.54) is 0 Å². The summed E-state index contributed by atoms with van der Waals surface area (Å²) in [5, 5.41) is 13.3. The third-order valence-electron chi connectivity index (χ3n) is 4.57. The Hall–Kier alpha value is -3.71. The molecule has 0 aliphatic heterocycles. The summed E-state index contributed by atoms with van der Waals surface area (Å²) in [5.41, 5.74) is 4.68. The van der Waals surface area contributed by atoms with Crippen molar-refractivity contribution >= 4 is 35.2 Å². The molecule has 4 aromatic rings. The topological polar surface area (TPSA) is 74.7 Å². The highest BCUT2D eigenvalue weighted by Gasteiger charge is 2.13. The van der Waals surface area contributed by atoms with Gasteiger partial charge in [-0.25, -0.2) is 0 Å². The summed E-state index contributed by atoms with van der Waals surface area (Å²) in [4.78, 5) is 12.6. The van der Waals surface area contributed by atoms with E-state index in [9.17, 15) is 4.79 Å². The standard InChI is InChI=1S/C23H21N5OS/c1-16-6-5-7-17(14-16)22-26-27-23(30)28(22)15-21(29)25-20-12-10-19(11-13-20)24-18-8-3-2-4-9-18/h2-14,24H,15H2,1H3,(H,25,29)(H,27,30). The van der Waals surface area contributed by atoms with Crippen molar-refractivity contribution in [2.75, 3.05) is 10.6 Å². The molecule has 4 rings (SSSR count). The molecule has 0 spiro atoms. The van der Waals surface area contributed by atoms with Crippen LogP contribution in [0.5, 0.6) is 0 Å². The fraction of sp³-hybridized carbons (Fsp3) is 0.0870. The molecule has 7 heteroatoms. The van der Waals surface area contributed by atoms with Crippen LogP contribution in [0.1, 0.15) is 5.56 Å². The number of aromatic amines is 1. The van der Waals surface area contributed by atoms with Crippen molar-refractivity contribution in [1.82, 2.24) is 14.8 Å². The maximum atomic E-state index is 12.6. The van der Waals surface area contributed by atoms with Crippen LogP contribution in [0.4, 0.5) is 17.1 Å². The summed E-state index contributed by atoms with van der Waals surface area (Å²) in [6.45, 7) is 2.08. The maximum Gasteiger partial charge on any atom is 0.244 e. The van der Waals surface area contributed by atoms with Crippen molar-refractivity contribution in [3.63, 3.8) is 0 Å². The molecular weight excluding hydrogens is 394 g/mol. The van der Waals surface area contributed by atoms with E-state index in [0.717, 1.165) is 22.5 Å². The van der Waals surface area contributed by atoms with Gasteiger partial charge in [0.2, 0.25) is 5.91 Å². The van der Waals surface area contributed by atoms with E-state index in [4.69, 9.17) is 12.2 Å². The Morgan fingerprint density at radius 3 is 2.40 bits per heavy atom. The predicted molar refractivity (Wildman–Crippen MR) is 122 cm³/mol. The Balaban J connectivity index is 1.44. The van der Waals surface area contributed by atoms with Gasteiger partial charge in [0.15, 0.2) is 10.6 Å². The monoisotopic (exact) mass is 415 g/mol. The number of aromatic nitrogens is 3. The molecule has 0 saturated carbocycles. The fourth-order valence-electron chi connectivity index (χ4n) is 3.14. The molecule has 0 atom stereocenters. The van der Waals surface area contributed by atoms with Gasteiger partial charge in [-0.2, -0.15) is 5.10 Å². The molecule has 0 aliphatic carbocycles. The Labute approximate surface area is 179 Å². The number of anilines is 3. The smallest absolute Gasteiger partial charge is 0.244 e. The number of nitrogens with one attached hydrogen (secondary N) is 3. The summed E-state index contributed by atoms with van der Waals surface area (Å²) in [6, 6.07) is 25.4. The lowest BCUT2D eigenvalue weighted by atomic mass is 10.1. The minimum absolute atomic E-state index is 0.0720. The van der Waals surface area contributed by atoms with Gasteiger partial charge < -0.3 is 10.6 Å². The highest BCUT2D eigenvalue weighted by Crippen LogP contribution is 2.20. The van der Waals surface area contributed by atoms with Crippen LogP contribution in [-0.4, -0.2) is 20.7 Å². The number of aryl methyl sites for hydroxylation is 1. The van der Waals surface area contributed by atoms with E-state index in [1.807, 2.05) is 85.8 Å². The molecule has 1 aromatic heterocycles. The summed E-state index contributed by atoms with van der Waals surface area (Å²) in [6.07, 6.45) is 0. The van der Waals surface area contributed by atoms with Crippen molar-refractivity contribution in [3.8, 4) is 11.4 Å². The third kappa shape index (κ3) is 4.64. The average Bonchev–Trinajstić information content (AvgIpc) is 3.10. The van der Waals surface area contributed by atoms with Gasteiger partial charge in [0.25, 0.3) is 0 Å². The Kier molecular flexibility index (Phi) is 5.72. The van der Waals surface area contributed by atoms with Gasteiger partial charge in [-0.3, -0.25) is 14.5 Å². The minimum atomic E-state index is -0.176. The van der Waals surface area contributed by atoms with E-state index in [0.29, 0.717) is 16.3 Å². The van der Waals surface area contributed by atoms with E-state index in [2.05, 4.69) is 20.8 Å². The van der Waals surface area contributed by atoms with Gasteiger partial charge in [0, 0.05) is 22.6 Å². The Morgan fingerprint density at radius 1 is 0.967 bits per heavy atom. The van der Waals surface area contributed by atoms with Crippen LogP contribution >= 0.6 is 12.2 Å². The summed E-state index contributed by atoms with van der Waals surface area (Å²) in [5.74, 6) is 0.464. The largest absolute Gasteiger partial charge is 0.356 e. The number of benzene rings is 3. The zero-order valence-electron chi connectivity index (χ0n) is 16.4. The van der Waals surface area contributed by atoms with Crippen molar-refractivity contribution in [3.05, 3.63) is 89.2 Å². The third-order valence-corrected chi connectivity index (χ3v) is 4.88. The molecular formula is C23H21N5OS. The average molecular weight is 416 g/mol. The van der Waals surface area contributed by atoms with Crippen LogP contribution in [0.25, 0.3) is 11.4 Å². The molecule has 3 aromatic carbocycles. The van der Waals surface area contributed by atoms with Crippen LogP contribution in [0.15, 0.2) is 78.9 Å². The second-order valence-corrected chi connectivity index (χ2v) is 7.31. The lowest BCUT2D eigenvalue weighted by Gasteiger charge is -2.10. The first-order chi connectivity index (χ1) is 14.6. The van der Waals surface area contributed by atoms with Crippen LogP contribution in [-0.2, 0) is 11.3 Å². The quantitative estimate of drug-likeness (QED) is 0.374. The lowest BCUT2D eigenvalue weighted by Crippen LogP contribution is -2.19. The molecule has 0 aliphatic rings. The number of carbonyl (C=O) groups is 1. The molecule has 0 unspecified atom stereocenters. The van der Waals surface area contributed by atoms with Gasteiger partial charge in [0.05, 0.1) is 0 Å². The first kappa shape index (κ1) is 19.6. The number of nitrogens with zero attached hydrogens (tertiary/aromatic N) is 2. The fourth-order valence-corrected chi connectivity index (χ4v) is 3.33. The van der Waals surface area contributed by atoms with Gasteiger partial charge in [0.1, 0.15) is 6.54 Å². The highest BCUT2D eigenvalue weighted by atomic mass is 32.1. The summed E-state index contributed by atoms with van der Waals surface area (Å²) < 4.78 is 2.11. The lowest BCUT2D eigenvalue weighted by molar-refractivity contribution is -0.116. The number of amides is 1. The van der Waals surface area contributed by atoms with E-state index >= 15 is 0 Å². The number of para-hydroxylation sites is 1. The zero-order valence-corrected chi connectivity index (χ0v) is 17.2. The molecule has 3 N–H and O–H groups in total. The van der Waals surface area contributed by atoms with E-state index < -0.39 is 0 Å². The SMILES string of the molecule is Cc1cccc(-c2n[nH]c(=S)n2CC(=O)Nc2ccc(Nc3ccccc3)cc2)c1. The van der Waals surface area contributed by atoms with E-state index in [1.54, 1.807) is 4.57 Å². The van der Waals surface area contributed by atoms with Crippen LogP contribution in [0.3, 0.4) is 0 Å². The van der Waals surface area contributed by atoms with Crippen LogP contribution in [0.2, 0.25) is 0 Å². The van der Waals surface area contributed by atoms with Crippen LogP contribution in [0, 0.1) is 11.7 Å². The van der Waals surface area contributed by atoms with E-state index in [-0.39, 0.29) is 12.5 Å². The first-order valence-corrected chi connectivity index (χ1v) is 9.93. The Morgan fingerprint density at radius 2 is 1.67 bits per heavy atom. The van der Waals surface area contributed by atoms with Crippen molar-refractivity contribution < 1.29 is 4.79 Å². The second kappa shape index (κ2) is 8.75. The maximum absolute atomic E-state index is 12.6. The summed E-state index contributed by atoms with van der Waals surface area (Å²) >= 11 is 5.32. The molecule has 0 radical (unpaired) electrons.